The standard InChI is InChI=1S/C18H21N3OS/c1-13(2)22-10-6-9-19-17-16-15(14-7-4-3-5-8-14)11-23-18(16)21-12-20-17/h3-5,7-8,11-13H,6,9-10H2,1-2H3,(H,19,20,21). The Morgan fingerprint density at radius 3 is 2.78 bits per heavy atom. The molecule has 0 aliphatic rings. The summed E-state index contributed by atoms with van der Waals surface area (Å²) in [6, 6.07) is 10.4. The Hall–Kier alpha value is -1.98. The Morgan fingerprint density at radius 2 is 2.00 bits per heavy atom. The van der Waals surface area contributed by atoms with E-state index in [0.29, 0.717) is 0 Å². The maximum Gasteiger partial charge on any atom is 0.138 e. The molecule has 0 saturated heterocycles. The number of rotatable bonds is 7. The smallest absolute Gasteiger partial charge is 0.138 e. The fourth-order valence-electron chi connectivity index (χ4n) is 2.44. The van der Waals surface area contributed by atoms with Gasteiger partial charge in [0.15, 0.2) is 0 Å². The third-order valence-electron chi connectivity index (χ3n) is 3.52. The summed E-state index contributed by atoms with van der Waals surface area (Å²) >= 11 is 1.65. The average molecular weight is 327 g/mol. The summed E-state index contributed by atoms with van der Waals surface area (Å²) in [5.41, 5.74) is 2.38. The molecule has 0 aliphatic heterocycles. The van der Waals surface area contributed by atoms with Crippen molar-refractivity contribution in [1.29, 1.82) is 0 Å². The van der Waals surface area contributed by atoms with Gasteiger partial charge < -0.3 is 10.1 Å². The maximum atomic E-state index is 5.57. The van der Waals surface area contributed by atoms with Crippen LogP contribution < -0.4 is 5.32 Å². The second-order valence-electron chi connectivity index (χ2n) is 5.62. The molecule has 1 aromatic carbocycles. The van der Waals surface area contributed by atoms with E-state index in [0.717, 1.165) is 35.6 Å². The molecule has 4 nitrogen and oxygen atoms in total. The molecule has 120 valence electrons. The number of hydrogen-bond donors (Lipinski definition) is 1. The normalized spacial score (nSPS) is 11.3. The Labute approximate surface area is 140 Å². The van der Waals surface area contributed by atoms with Crippen molar-refractivity contribution in [3.8, 4) is 11.1 Å². The minimum Gasteiger partial charge on any atom is -0.379 e. The van der Waals surface area contributed by atoms with Crippen LogP contribution in [0.1, 0.15) is 20.3 Å². The molecule has 0 unspecified atom stereocenters. The zero-order valence-electron chi connectivity index (χ0n) is 13.5. The molecule has 0 spiro atoms. The summed E-state index contributed by atoms with van der Waals surface area (Å²) in [6.45, 7) is 5.70. The predicted molar refractivity (Wildman–Crippen MR) is 97.0 cm³/mol. The first-order chi connectivity index (χ1) is 11.3. The number of hydrogen-bond acceptors (Lipinski definition) is 5. The molecule has 23 heavy (non-hydrogen) atoms. The third-order valence-corrected chi connectivity index (χ3v) is 4.41. The molecule has 3 rings (SSSR count). The van der Waals surface area contributed by atoms with Crippen molar-refractivity contribution in [3.05, 3.63) is 42.0 Å². The van der Waals surface area contributed by atoms with Crippen LogP contribution in [-0.4, -0.2) is 29.2 Å². The summed E-state index contributed by atoms with van der Waals surface area (Å²) in [5.74, 6) is 0.902. The Kier molecular flexibility index (Phi) is 5.20. The molecule has 2 aromatic heterocycles. The maximum absolute atomic E-state index is 5.57. The van der Waals surface area contributed by atoms with Gasteiger partial charge in [-0.25, -0.2) is 9.97 Å². The van der Waals surface area contributed by atoms with Gasteiger partial charge in [0.05, 0.1) is 11.5 Å². The summed E-state index contributed by atoms with van der Waals surface area (Å²) < 4.78 is 5.57. The van der Waals surface area contributed by atoms with E-state index >= 15 is 0 Å². The van der Waals surface area contributed by atoms with E-state index in [4.69, 9.17) is 4.74 Å². The highest BCUT2D eigenvalue weighted by Crippen LogP contribution is 2.36. The number of benzene rings is 1. The van der Waals surface area contributed by atoms with Crippen molar-refractivity contribution in [2.45, 2.75) is 26.4 Å². The highest BCUT2D eigenvalue weighted by atomic mass is 32.1. The lowest BCUT2D eigenvalue weighted by Crippen LogP contribution is -2.10. The van der Waals surface area contributed by atoms with Crippen LogP contribution in [0.3, 0.4) is 0 Å². The monoisotopic (exact) mass is 327 g/mol. The number of nitrogens with one attached hydrogen (secondary N) is 1. The topological polar surface area (TPSA) is 47.0 Å². The third kappa shape index (κ3) is 3.86. The van der Waals surface area contributed by atoms with Crippen LogP contribution in [0.2, 0.25) is 0 Å². The van der Waals surface area contributed by atoms with E-state index in [1.165, 1.54) is 11.1 Å². The first kappa shape index (κ1) is 15.9. The molecule has 1 N–H and O–H groups in total. The zero-order chi connectivity index (χ0) is 16.1. The van der Waals surface area contributed by atoms with Gasteiger partial charge in [0, 0.05) is 24.1 Å². The summed E-state index contributed by atoms with van der Waals surface area (Å²) in [5, 5.41) is 6.69. The van der Waals surface area contributed by atoms with Gasteiger partial charge in [-0.15, -0.1) is 11.3 Å². The largest absolute Gasteiger partial charge is 0.379 e. The first-order valence-corrected chi connectivity index (χ1v) is 8.77. The van der Waals surface area contributed by atoms with Gasteiger partial charge >= 0.3 is 0 Å². The van der Waals surface area contributed by atoms with E-state index in [9.17, 15) is 0 Å². The van der Waals surface area contributed by atoms with E-state index in [1.807, 2.05) is 6.07 Å². The summed E-state index contributed by atoms with van der Waals surface area (Å²) in [6.07, 6.45) is 2.86. The molecule has 0 amide bonds. The lowest BCUT2D eigenvalue weighted by molar-refractivity contribution is 0.0787. The lowest BCUT2D eigenvalue weighted by atomic mass is 10.1. The zero-order valence-corrected chi connectivity index (χ0v) is 14.3. The van der Waals surface area contributed by atoms with E-state index < -0.39 is 0 Å². The van der Waals surface area contributed by atoms with Gasteiger partial charge in [0.1, 0.15) is 17.0 Å². The lowest BCUT2D eigenvalue weighted by Gasteiger charge is -2.10. The van der Waals surface area contributed by atoms with Crippen molar-refractivity contribution in [2.24, 2.45) is 0 Å². The van der Waals surface area contributed by atoms with Crippen molar-refractivity contribution in [1.82, 2.24) is 9.97 Å². The Balaban J connectivity index is 1.79. The Morgan fingerprint density at radius 1 is 1.17 bits per heavy atom. The van der Waals surface area contributed by atoms with Crippen molar-refractivity contribution in [3.63, 3.8) is 0 Å². The molecule has 0 atom stereocenters. The van der Waals surface area contributed by atoms with Gasteiger partial charge in [-0.3, -0.25) is 0 Å². The molecule has 2 heterocycles. The molecule has 0 radical (unpaired) electrons. The second-order valence-corrected chi connectivity index (χ2v) is 6.48. The molecule has 3 aromatic rings. The van der Waals surface area contributed by atoms with Crippen LogP contribution >= 0.6 is 11.3 Å². The molecule has 0 saturated carbocycles. The molecule has 5 heteroatoms. The molecular weight excluding hydrogens is 306 g/mol. The van der Waals surface area contributed by atoms with Crippen LogP contribution in [0.25, 0.3) is 21.3 Å². The van der Waals surface area contributed by atoms with Gasteiger partial charge in [0.2, 0.25) is 0 Å². The number of thiophene rings is 1. The summed E-state index contributed by atoms with van der Waals surface area (Å²) in [7, 11) is 0. The van der Waals surface area contributed by atoms with E-state index in [2.05, 4.69) is 58.8 Å². The van der Waals surface area contributed by atoms with Crippen LogP contribution in [0.5, 0.6) is 0 Å². The Bertz CT molecular complexity index is 755. The minimum absolute atomic E-state index is 0.280. The molecule has 0 bridgehead atoms. The van der Waals surface area contributed by atoms with E-state index in [1.54, 1.807) is 17.7 Å². The molecular formula is C18H21N3OS. The van der Waals surface area contributed by atoms with Crippen LogP contribution in [0.15, 0.2) is 42.0 Å². The fourth-order valence-corrected chi connectivity index (χ4v) is 3.35. The van der Waals surface area contributed by atoms with Crippen LogP contribution in [0, 0.1) is 0 Å². The van der Waals surface area contributed by atoms with Gasteiger partial charge in [-0.2, -0.15) is 0 Å². The highest BCUT2D eigenvalue weighted by Gasteiger charge is 2.12. The average Bonchev–Trinajstić information content (AvgIpc) is 3.00. The fraction of sp³-hybridized carbons (Fsp3) is 0.333. The van der Waals surface area contributed by atoms with Crippen LogP contribution in [-0.2, 0) is 4.74 Å². The highest BCUT2D eigenvalue weighted by molar-refractivity contribution is 7.17. The number of ether oxygens (including phenoxy) is 1. The van der Waals surface area contributed by atoms with Gasteiger partial charge in [-0.1, -0.05) is 30.3 Å². The number of aromatic nitrogens is 2. The first-order valence-electron chi connectivity index (χ1n) is 7.89. The summed E-state index contributed by atoms with van der Waals surface area (Å²) in [4.78, 5) is 9.85. The van der Waals surface area contributed by atoms with E-state index in [-0.39, 0.29) is 6.10 Å². The van der Waals surface area contributed by atoms with Crippen molar-refractivity contribution >= 4 is 27.4 Å². The molecule has 0 aliphatic carbocycles. The number of nitrogens with zero attached hydrogens (tertiary/aromatic N) is 2. The molecule has 0 fully saturated rings. The minimum atomic E-state index is 0.280. The van der Waals surface area contributed by atoms with Crippen LogP contribution in [0.4, 0.5) is 5.82 Å². The number of fused-ring (bicyclic) bond motifs is 1. The van der Waals surface area contributed by atoms with Gasteiger partial charge in [-0.05, 0) is 25.8 Å². The second kappa shape index (κ2) is 7.53. The predicted octanol–water partition coefficient (Wildman–Crippen LogP) is 4.59. The quantitative estimate of drug-likeness (QED) is 0.645. The number of anilines is 1. The van der Waals surface area contributed by atoms with Gasteiger partial charge in [0.25, 0.3) is 0 Å². The SMILES string of the molecule is CC(C)OCCCNc1ncnc2scc(-c3ccccc3)c12. The van der Waals surface area contributed by atoms with Crippen molar-refractivity contribution < 1.29 is 4.74 Å². The van der Waals surface area contributed by atoms with Crippen molar-refractivity contribution in [2.75, 3.05) is 18.5 Å².